The summed E-state index contributed by atoms with van der Waals surface area (Å²) in [5, 5.41) is 4.05. The molecule has 0 aliphatic heterocycles. The van der Waals surface area contributed by atoms with Gasteiger partial charge in [0, 0.05) is 0 Å². The van der Waals surface area contributed by atoms with Crippen molar-refractivity contribution in [3.05, 3.63) is 41.5 Å². The van der Waals surface area contributed by atoms with Crippen molar-refractivity contribution in [1.29, 1.82) is 0 Å². The molecule has 1 aliphatic rings. The van der Waals surface area contributed by atoms with Crippen molar-refractivity contribution in [2.24, 2.45) is 5.73 Å². The fourth-order valence-electron chi connectivity index (χ4n) is 2.43. The zero-order valence-electron chi connectivity index (χ0n) is 12.2. The second-order valence-electron chi connectivity index (χ2n) is 5.46. The smallest absolute Gasteiger partial charge is 0.233 e. The zero-order valence-corrected chi connectivity index (χ0v) is 13.0. The minimum Gasteiger partial charge on any atom is -0.497 e. The molecule has 0 amide bonds. The maximum Gasteiger partial charge on any atom is 0.233 e. The number of hydrogen-bond acceptors (Lipinski definition) is 5. The molecule has 0 spiro atoms. The van der Waals surface area contributed by atoms with E-state index in [0.29, 0.717) is 11.7 Å². The van der Waals surface area contributed by atoms with Crippen LogP contribution in [0.25, 0.3) is 0 Å². The van der Waals surface area contributed by atoms with Crippen LogP contribution in [0.2, 0.25) is 0 Å². The molecule has 5 nitrogen and oxygen atoms in total. The van der Waals surface area contributed by atoms with Crippen LogP contribution in [0, 0.1) is 0 Å². The molecule has 114 valence electrons. The molecule has 1 unspecified atom stereocenters. The van der Waals surface area contributed by atoms with E-state index in [-0.39, 0.29) is 23.9 Å². The van der Waals surface area contributed by atoms with Crippen molar-refractivity contribution in [3.63, 3.8) is 0 Å². The lowest BCUT2D eigenvalue weighted by molar-refractivity contribution is 0.228. The maximum atomic E-state index is 6.21. The molecule has 0 bridgehead atoms. The molecule has 1 aliphatic carbocycles. The first-order valence-electron chi connectivity index (χ1n) is 6.89. The van der Waals surface area contributed by atoms with Gasteiger partial charge in [0.05, 0.1) is 18.6 Å². The molecule has 0 radical (unpaired) electrons. The molecule has 2 aromatic rings. The Morgan fingerprint density at radius 1 is 1.29 bits per heavy atom. The Morgan fingerprint density at radius 2 is 1.95 bits per heavy atom. The lowest BCUT2D eigenvalue weighted by Crippen LogP contribution is -2.44. The van der Waals surface area contributed by atoms with E-state index in [1.165, 1.54) is 0 Å². The number of aromatic nitrogens is 2. The molecule has 1 aromatic carbocycles. The van der Waals surface area contributed by atoms with Crippen molar-refractivity contribution < 1.29 is 9.26 Å². The van der Waals surface area contributed by atoms with E-state index in [0.717, 1.165) is 30.6 Å². The SMILES string of the molecule is COc1ccc(C(C)c2nc(C3(N)CCC3)no2)cc1.Cl. The third-order valence-electron chi connectivity index (χ3n) is 4.12. The molecule has 2 N–H and O–H groups in total. The summed E-state index contributed by atoms with van der Waals surface area (Å²) < 4.78 is 10.5. The van der Waals surface area contributed by atoms with Gasteiger partial charge in [0.15, 0.2) is 5.82 Å². The van der Waals surface area contributed by atoms with Gasteiger partial charge in [0.2, 0.25) is 5.89 Å². The van der Waals surface area contributed by atoms with Crippen LogP contribution in [-0.2, 0) is 5.54 Å². The van der Waals surface area contributed by atoms with Gasteiger partial charge in [-0.25, -0.2) is 0 Å². The molecular weight excluding hydrogens is 290 g/mol. The largest absolute Gasteiger partial charge is 0.497 e. The van der Waals surface area contributed by atoms with Crippen LogP contribution in [0.5, 0.6) is 5.75 Å². The summed E-state index contributed by atoms with van der Waals surface area (Å²) in [6, 6.07) is 7.88. The Morgan fingerprint density at radius 3 is 2.48 bits per heavy atom. The van der Waals surface area contributed by atoms with Gasteiger partial charge < -0.3 is 15.0 Å². The number of ether oxygens (including phenoxy) is 1. The Labute approximate surface area is 130 Å². The minimum absolute atomic E-state index is 0. The lowest BCUT2D eigenvalue weighted by atomic mass is 9.77. The molecule has 3 rings (SSSR count). The van der Waals surface area contributed by atoms with E-state index in [1.54, 1.807) is 7.11 Å². The van der Waals surface area contributed by atoms with Crippen LogP contribution in [-0.4, -0.2) is 17.3 Å². The van der Waals surface area contributed by atoms with Gasteiger partial charge in [-0.1, -0.05) is 17.3 Å². The zero-order chi connectivity index (χ0) is 14.2. The Hall–Kier alpha value is -1.59. The first kappa shape index (κ1) is 15.8. The van der Waals surface area contributed by atoms with Gasteiger partial charge in [-0.15, -0.1) is 12.4 Å². The maximum absolute atomic E-state index is 6.21. The topological polar surface area (TPSA) is 74.2 Å². The first-order chi connectivity index (χ1) is 9.62. The molecule has 1 heterocycles. The van der Waals surface area contributed by atoms with Gasteiger partial charge in [0.25, 0.3) is 0 Å². The fraction of sp³-hybridized carbons (Fsp3) is 0.467. The highest BCUT2D eigenvalue weighted by Gasteiger charge is 2.39. The number of nitrogens with zero attached hydrogens (tertiary/aromatic N) is 2. The highest BCUT2D eigenvalue weighted by Crippen LogP contribution is 2.37. The average molecular weight is 310 g/mol. The number of methoxy groups -OCH3 is 1. The fourth-order valence-corrected chi connectivity index (χ4v) is 2.43. The van der Waals surface area contributed by atoms with Crippen molar-refractivity contribution in [1.82, 2.24) is 10.1 Å². The standard InChI is InChI=1S/C15H19N3O2.ClH/c1-10(11-4-6-12(19-2)7-5-11)13-17-14(18-20-13)15(16)8-3-9-15;/h4-7,10H,3,8-9,16H2,1-2H3;1H. The normalized spacial score (nSPS) is 17.5. The highest BCUT2D eigenvalue weighted by molar-refractivity contribution is 5.85. The Kier molecular flexibility index (Phi) is 4.54. The van der Waals surface area contributed by atoms with Crippen LogP contribution in [0.15, 0.2) is 28.8 Å². The van der Waals surface area contributed by atoms with Gasteiger partial charge in [0.1, 0.15) is 5.75 Å². The predicted octanol–water partition coefficient (Wildman–Crippen LogP) is 2.99. The van der Waals surface area contributed by atoms with Crippen molar-refractivity contribution in [2.45, 2.75) is 37.6 Å². The molecular formula is C15H20ClN3O2. The summed E-state index contributed by atoms with van der Waals surface area (Å²) in [5.41, 5.74) is 6.95. The molecule has 1 atom stereocenters. The second kappa shape index (κ2) is 6.03. The minimum atomic E-state index is -0.374. The van der Waals surface area contributed by atoms with Crippen molar-refractivity contribution >= 4 is 12.4 Å². The second-order valence-corrected chi connectivity index (χ2v) is 5.46. The molecule has 1 fully saturated rings. The average Bonchev–Trinajstić information content (AvgIpc) is 2.94. The summed E-state index contributed by atoms with van der Waals surface area (Å²) in [5.74, 6) is 2.13. The van der Waals surface area contributed by atoms with Gasteiger partial charge >= 0.3 is 0 Å². The van der Waals surface area contributed by atoms with Gasteiger partial charge in [-0.05, 0) is 43.9 Å². The summed E-state index contributed by atoms with van der Waals surface area (Å²) >= 11 is 0. The van der Waals surface area contributed by atoms with Crippen molar-refractivity contribution in [3.8, 4) is 5.75 Å². The van der Waals surface area contributed by atoms with E-state index in [4.69, 9.17) is 15.0 Å². The molecule has 21 heavy (non-hydrogen) atoms. The quantitative estimate of drug-likeness (QED) is 0.939. The number of halogens is 1. The van der Waals surface area contributed by atoms with Gasteiger partial charge in [-0.2, -0.15) is 4.98 Å². The van der Waals surface area contributed by atoms with E-state index in [1.807, 2.05) is 31.2 Å². The van der Waals surface area contributed by atoms with Gasteiger partial charge in [-0.3, -0.25) is 0 Å². The van der Waals surface area contributed by atoms with Crippen molar-refractivity contribution in [2.75, 3.05) is 7.11 Å². The van der Waals surface area contributed by atoms with Crippen LogP contribution in [0.4, 0.5) is 0 Å². The highest BCUT2D eigenvalue weighted by atomic mass is 35.5. The van der Waals surface area contributed by atoms with Crippen LogP contribution < -0.4 is 10.5 Å². The third-order valence-corrected chi connectivity index (χ3v) is 4.12. The lowest BCUT2D eigenvalue weighted by Gasteiger charge is -2.34. The number of benzene rings is 1. The van der Waals surface area contributed by atoms with Crippen LogP contribution >= 0.6 is 12.4 Å². The summed E-state index contributed by atoms with van der Waals surface area (Å²) in [4.78, 5) is 4.49. The summed E-state index contributed by atoms with van der Waals surface area (Å²) in [6.07, 6.45) is 3.00. The first-order valence-corrected chi connectivity index (χ1v) is 6.89. The van der Waals surface area contributed by atoms with Crippen LogP contribution in [0.1, 0.15) is 49.4 Å². The molecule has 1 aromatic heterocycles. The number of nitrogens with two attached hydrogens (primary N) is 1. The monoisotopic (exact) mass is 309 g/mol. The molecule has 1 saturated carbocycles. The Bertz CT molecular complexity index is 593. The third kappa shape index (κ3) is 2.89. The van der Waals surface area contributed by atoms with E-state index >= 15 is 0 Å². The predicted molar refractivity (Wildman–Crippen MR) is 81.8 cm³/mol. The summed E-state index contributed by atoms with van der Waals surface area (Å²) in [7, 11) is 1.65. The van der Waals surface area contributed by atoms with E-state index in [2.05, 4.69) is 10.1 Å². The van der Waals surface area contributed by atoms with E-state index < -0.39 is 0 Å². The van der Waals surface area contributed by atoms with E-state index in [9.17, 15) is 0 Å². The molecule has 6 heteroatoms. The number of rotatable bonds is 4. The molecule has 0 saturated heterocycles. The summed E-state index contributed by atoms with van der Waals surface area (Å²) in [6.45, 7) is 2.04. The van der Waals surface area contributed by atoms with Crippen LogP contribution in [0.3, 0.4) is 0 Å². The number of hydrogen-bond donors (Lipinski definition) is 1. The Balaban J connectivity index is 0.00000161.